The molecule has 0 aliphatic rings. The molecule has 0 aliphatic carbocycles. The van der Waals surface area contributed by atoms with Crippen LogP contribution in [-0.2, 0) is 16.1 Å². The van der Waals surface area contributed by atoms with Crippen molar-refractivity contribution in [2.45, 2.75) is 45.5 Å². The first-order chi connectivity index (χ1) is 12.4. The molecule has 2 rings (SSSR count). The normalized spacial score (nSPS) is 14.8. The van der Waals surface area contributed by atoms with E-state index in [1.54, 1.807) is 6.92 Å². The molecular weight excluding hydrogens is 328 g/mol. The van der Waals surface area contributed by atoms with Gasteiger partial charge in [0.2, 0.25) is 0 Å². The lowest BCUT2D eigenvalue weighted by Gasteiger charge is -2.33. The van der Waals surface area contributed by atoms with Crippen LogP contribution in [0.15, 0.2) is 54.6 Å². The molecule has 0 bridgehead atoms. The lowest BCUT2D eigenvalue weighted by atomic mass is 9.88. The molecule has 2 aromatic rings. The van der Waals surface area contributed by atoms with E-state index in [9.17, 15) is 15.0 Å². The van der Waals surface area contributed by atoms with Crippen LogP contribution in [0.4, 0.5) is 0 Å². The second kappa shape index (κ2) is 9.08. The Morgan fingerprint density at radius 2 is 1.62 bits per heavy atom. The van der Waals surface area contributed by atoms with Crippen molar-refractivity contribution in [3.8, 4) is 11.1 Å². The molecule has 26 heavy (non-hydrogen) atoms. The summed E-state index contributed by atoms with van der Waals surface area (Å²) in [5, 5.41) is 19.7. The minimum absolute atomic E-state index is 0.187. The summed E-state index contributed by atoms with van der Waals surface area (Å²) in [4.78, 5) is 12.2. The average molecular weight is 356 g/mol. The number of carbonyl (C=O) groups excluding carboxylic acids is 1. The minimum atomic E-state index is -1.42. The fourth-order valence-corrected chi connectivity index (χ4v) is 2.85. The lowest BCUT2D eigenvalue weighted by molar-refractivity contribution is -0.166. The second-order valence-electron chi connectivity index (χ2n) is 7.19. The first-order valence-electron chi connectivity index (χ1n) is 8.97. The lowest BCUT2D eigenvalue weighted by Crippen LogP contribution is -2.51. The molecule has 0 aromatic heterocycles. The molecule has 2 aromatic carbocycles. The monoisotopic (exact) mass is 356 g/mol. The van der Waals surface area contributed by atoms with Crippen LogP contribution in [0.3, 0.4) is 0 Å². The number of benzene rings is 2. The van der Waals surface area contributed by atoms with Gasteiger partial charge in [-0.3, -0.25) is 4.79 Å². The smallest absolute Gasteiger partial charge is 0.192 e. The molecule has 0 unspecified atom stereocenters. The number of ether oxygens (including phenoxy) is 1. The first kappa shape index (κ1) is 20.3. The standard InChI is InChI=1S/C22H28O4/c1-16(2)13-20(24)22(3,21(25)14-23)26-15-17-9-11-19(12-10-17)18-7-5-4-6-8-18/h4-12,16,20,23-24H,13-15H2,1-3H3/t20-,22-/m0/s1. The maximum Gasteiger partial charge on any atom is 0.192 e. The van der Waals surface area contributed by atoms with Gasteiger partial charge in [0.25, 0.3) is 0 Å². The van der Waals surface area contributed by atoms with E-state index in [0.717, 1.165) is 16.7 Å². The Balaban J connectivity index is 2.09. The zero-order valence-electron chi connectivity index (χ0n) is 15.7. The highest BCUT2D eigenvalue weighted by molar-refractivity contribution is 5.88. The number of Topliss-reactive ketones (excluding diaryl/α,β-unsaturated/α-hetero) is 1. The van der Waals surface area contributed by atoms with Gasteiger partial charge in [-0.2, -0.15) is 0 Å². The highest BCUT2D eigenvalue weighted by atomic mass is 16.5. The van der Waals surface area contributed by atoms with E-state index in [2.05, 4.69) is 0 Å². The predicted molar refractivity (Wildman–Crippen MR) is 103 cm³/mol. The topological polar surface area (TPSA) is 66.8 Å². The molecule has 4 nitrogen and oxygen atoms in total. The molecule has 0 saturated heterocycles. The Morgan fingerprint density at radius 3 is 2.15 bits per heavy atom. The Labute approximate surface area is 155 Å². The summed E-state index contributed by atoms with van der Waals surface area (Å²) in [6.45, 7) is 5.02. The van der Waals surface area contributed by atoms with Crippen molar-refractivity contribution in [2.75, 3.05) is 6.61 Å². The maximum atomic E-state index is 12.2. The molecule has 0 amide bonds. The quantitative estimate of drug-likeness (QED) is 0.720. The van der Waals surface area contributed by atoms with Gasteiger partial charge in [-0.25, -0.2) is 0 Å². The summed E-state index contributed by atoms with van der Waals surface area (Å²) in [5.41, 5.74) is 1.71. The van der Waals surface area contributed by atoms with Gasteiger partial charge in [-0.05, 0) is 36.0 Å². The van der Waals surface area contributed by atoms with Gasteiger partial charge >= 0.3 is 0 Å². The number of hydrogen-bond donors (Lipinski definition) is 2. The van der Waals surface area contributed by atoms with Gasteiger partial charge < -0.3 is 14.9 Å². The molecule has 2 atom stereocenters. The van der Waals surface area contributed by atoms with Crippen molar-refractivity contribution in [2.24, 2.45) is 5.92 Å². The molecule has 0 heterocycles. The number of ketones is 1. The van der Waals surface area contributed by atoms with Gasteiger partial charge in [-0.1, -0.05) is 68.4 Å². The van der Waals surface area contributed by atoms with Gasteiger partial charge in [-0.15, -0.1) is 0 Å². The van der Waals surface area contributed by atoms with Gasteiger partial charge in [0.1, 0.15) is 6.61 Å². The number of aliphatic hydroxyl groups is 2. The molecule has 0 saturated carbocycles. The van der Waals surface area contributed by atoms with Crippen LogP contribution in [-0.4, -0.2) is 34.3 Å². The zero-order valence-corrected chi connectivity index (χ0v) is 15.7. The number of carbonyl (C=O) groups is 1. The van der Waals surface area contributed by atoms with Crippen molar-refractivity contribution in [3.05, 3.63) is 60.2 Å². The molecule has 0 aliphatic heterocycles. The summed E-state index contributed by atoms with van der Waals surface area (Å²) >= 11 is 0. The van der Waals surface area contributed by atoms with Crippen LogP contribution in [0.2, 0.25) is 0 Å². The summed E-state index contributed by atoms with van der Waals surface area (Å²) in [5.74, 6) is -0.295. The SMILES string of the molecule is CC(C)C[C@H](O)[C@](C)(OCc1ccc(-c2ccccc2)cc1)C(=O)CO. The summed E-state index contributed by atoms with van der Waals surface area (Å²) in [7, 11) is 0. The van der Waals surface area contributed by atoms with E-state index < -0.39 is 24.1 Å². The van der Waals surface area contributed by atoms with Crippen LogP contribution >= 0.6 is 0 Å². The highest BCUT2D eigenvalue weighted by Gasteiger charge is 2.41. The molecule has 4 heteroatoms. The van der Waals surface area contributed by atoms with Gasteiger partial charge in [0.05, 0.1) is 12.7 Å². The van der Waals surface area contributed by atoms with Crippen molar-refractivity contribution >= 4 is 5.78 Å². The predicted octanol–water partition coefficient (Wildman–Crippen LogP) is 3.60. The summed E-state index contributed by atoms with van der Waals surface area (Å²) in [6.07, 6.45) is -0.541. The Bertz CT molecular complexity index is 694. The number of rotatable bonds is 9. The molecule has 140 valence electrons. The van der Waals surface area contributed by atoms with Crippen molar-refractivity contribution in [1.82, 2.24) is 0 Å². The van der Waals surface area contributed by atoms with Gasteiger partial charge in [0.15, 0.2) is 11.4 Å². The Hall–Kier alpha value is -2.01. The highest BCUT2D eigenvalue weighted by Crippen LogP contribution is 2.25. The van der Waals surface area contributed by atoms with E-state index in [1.165, 1.54) is 0 Å². The van der Waals surface area contributed by atoms with Gasteiger partial charge in [0, 0.05) is 0 Å². The molecule has 0 fully saturated rings. The third-order valence-electron chi connectivity index (χ3n) is 4.63. The van der Waals surface area contributed by atoms with Crippen LogP contribution in [0, 0.1) is 5.92 Å². The van der Waals surface area contributed by atoms with E-state index in [1.807, 2.05) is 68.4 Å². The van der Waals surface area contributed by atoms with E-state index in [0.29, 0.717) is 6.42 Å². The largest absolute Gasteiger partial charge is 0.390 e. The zero-order chi connectivity index (χ0) is 19.2. The minimum Gasteiger partial charge on any atom is -0.390 e. The Kier molecular flexibility index (Phi) is 7.09. The van der Waals surface area contributed by atoms with Crippen LogP contribution < -0.4 is 0 Å². The summed E-state index contributed by atoms with van der Waals surface area (Å²) in [6, 6.07) is 18.0. The van der Waals surface area contributed by atoms with E-state index >= 15 is 0 Å². The number of aliphatic hydroxyl groups excluding tert-OH is 2. The van der Waals surface area contributed by atoms with Crippen molar-refractivity contribution in [3.63, 3.8) is 0 Å². The number of hydrogen-bond acceptors (Lipinski definition) is 4. The van der Waals surface area contributed by atoms with Crippen molar-refractivity contribution < 1.29 is 19.7 Å². The van der Waals surface area contributed by atoms with Crippen LogP contribution in [0.25, 0.3) is 11.1 Å². The fraction of sp³-hybridized carbons (Fsp3) is 0.409. The fourth-order valence-electron chi connectivity index (χ4n) is 2.85. The molecular formula is C22H28O4. The van der Waals surface area contributed by atoms with E-state index in [4.69, 9.17) is 4.74 Å². The van der Waals surface area contributed by atoms with Crippen LogP contribution in [0.5, 0.6) is 0 Å². The molecule has 0 spiro atoms. The molecule has 0 radical (unpaired) electrons. The van der Waals surface area contributed by atoms with Crippen LogP contribution in [0.1, 0.15) is 32.8 Å². The Morgan fingerprint density at radius 1 is 1.04 bits per heavy atom. The second-order valence-corrected chi connectivity index (χ2v) is 7.19. The molecule has 2 N–H and O–H groups in total. The third-order valence-corrected chi connectivity index (χ3v) is 4.63. The average Bonchev–Trinajstić information content (AvgIpc) is 2.66. The summed E-state index contributed by atoms with van der Waals surface area (Å²) < 4.78 is 5.82. The first-order valence-corrected chi connectivity index (χ1v) is 8.97. The van der Waals surface area contributed by atoms with E-state index in [-0.39, 0.29) is 12.5 Å². The maximum absolute atomic E-state index is 12.2. The third kappa shape index (κ3) is 5.01. The van der Waals surface area contributed by atoms with Crippen molar-refractivity contribution in [1.29, 1.82) is 0 Å².